The first-order valence-corrected chi connectivity index (χ1v) is 5.68. The number of likely N-dealkylation sites (N-methyl/N-ethyl adjacent to an activating group) is 1. The molecule has 0 radical (unpaired) electrons. The van der Waals surface area contributed by atoms with Crippen LogP contribution in [0.2, 0.25) is 0 Å². The third kappa shape index (κ3) is 1.39. The Labute approximate surface area is 97.0 Å². The van der Waals surface area contributed by atoms with E-state index in [4.69, 9.17) is 5.73 Å². The Hall–Kier alpha value is -1.51. The van der Waals surface area contributed by atoms with Gasteiger partial charge >= 0.3 is 0 Å². The molecule has 2 N–H and O–H groups in total. The molecular weight excluding hydrogens is 198 g/mol. The summed E-state index contributed by atoms with van der Waals surface area (Å²) in [5, 5.41) is 0. The highest BCUT2D eigenvalue weighted by Gasteiger charge is 2.44. The van der Waals surface area contributed by atoms with Crippen LogP contribution in [0.5, 0.6) is 0 Å². The molecule has 0 fully saturated rings. The number of nitrogens with zero attached hydrogens (tertiary/aromatic N) is 2. The molecule has 86 valence electrons. The molecule has 1 unspecified atom stereocenters. The van der Waals surface area contributed by atoms with Crippen molar-refractivity contribution >= 4 is 5.96 Å². The van der Waals surface area contributed by atoms with E-state index in [1.165, 1.54) is 5.56 Å². The van der Waals surface area contributed by atoms with Crippen LogP contribution in [0, 0.1) is 5.92 Å². The lowest BCUT2D eigenvalue weighted by Gasteiger charge is -2.40. The van der Waals surface area contributed by atoms with Crippen LogP contribution in [-0.4, -0.2) is 24.5 Å². The van der Waals surface area contributed by atoms with E-state index in [0.29, 0.717) is 11.9 Å². The van der Waals surface area contributed by atoms with Gasteiger partial charge < -0.3 is 10.6 Å². The van der Waals surface area contributed by atoms with Crippen molar-refractivity contribution in [2.45, 2.75) is 19.4 Å². The second-order valence-corrected chi connectivity index (χ2v) is 4.68. The number of hydrogen-bond acceptors (Lipinski definition) is 3. The predicted molar refractivity (Wildman–Crippen MR) is 67.2 cm³/mol. The van der Waals surface area contributed by atoms with Crippen molar-refractivity contribution in [1.82, 2.24) is 4.90 Å². The second kappa shape index (κ2) is 3.81. The quantitative estimate of drug-likeness (QED) is 0.820. The summed E-state index contributed by atoms with van der Waals surface area (Å²) in [6.07, 6.45) is 0. The molecule has 0 bridgehead atoms. The summed E-state index contributed by atoms with van der Waals surface area (Å²) in [5.74, 6) is 1.10. The molecule has 3 heteroatoms. The van der Waals surface area contributed by atoms with E-state index in [2.05, 4.69) is 48.0 Å². The number of guanidine groups is 1. The minimum absolute atomic E-state index is 0.0780. The van der Waals surface area contributed by atoms with Crippen LogP contribution in [0.3, 0.4) is 0 Å². The summed E-state index contributed by atoms with van der Waals surface area (Å²) in [4.78, 5) is 6.49. The molecule has 1 aliphatic rings. The van der Waals surface area contributed by atoms with E-state index in [1.807, 2.05) is 13.1 Å². The van der Waals surface area contributed by atoms with Gasteiger partial charge in [0.2, 0.25) is 0 Å². The number of benzene rings is 1. The minimum atomic E-state index is -0.0780. The number of nitrogens with two attached hydrogens (primary N) is 1. The molecule has 2 rings (SSSR count). The van der Waals surface area contributed by atoms with Crippen LogP contribution in [-0.2, 0) is 5.54 Å². The highest BCUT2D eigenvalue weighted by Crippen LogP contribution is 2.38. The van der Waals surface area contributed by atoms with Gasteiger partial charge in [0.1, 0.15) is 0 Å². The maximum atomic E-state index is 5.90. The first-order chi connectivity index (χ1) is 7.59. The Kier molecular flexibility index (Phi) is 2.62. The van der Waals surface area contributed by atoms with Gasteiger partial charge in [-0.3, -0.25) is 4.99 Å². The molecule has 1 heterocycles. The fourth-order valence-electron chi connectivity index (χ4n) is 2.53. The highest BCUT2D eigenvalue weighted by molar-refractivity contribution is 5.81. The Morgan fingerprint density at radius 1 is 1.31 bits per heavy atom. The van der Waals surface area contributed by atoms with Crippen molar-refractivity contribution in [3.63, 3.8) is 0 Å². The Morgan fingerprint density at radius 3 is 2.38 bits per heavy atom. The third-order valence-electron chi connectivity index (χ3n) is 3.65. The van der Waals surface area contributed by atoms with Crippen LogP contribution < -0.4 is 5.73 Å². The van der Waals surface area contributed by atoms with Crippen molar-refractivity contribution in [2.24, 2.45) is 16.6 Å². The maximum Gasteiger partial charge on any atom is 0.191 e. The SMILES string of the molecule is CC(C)C1(c2ccccc2)CN=C(N)N1C. The zero-order valence-corrected chi connectivity index (χ0v) is 10.1. The maximum absolute atomic E-state index is 5.90. The van der Waals surface area contributed by atoms with E-state index in [-0.39, 0.29) is 5.54 Å². The summed E-state index contributed by atoms with van der Waals surface area (Å²) >= 11 is 0. The van der Waals surface area contributed by atoms with Gasteiger partial charge in [-0.15, -0.1) is 0 Å². The molecule has 0 aliphatic carbocycles. The lowest BCUT2D eigenvalue weighted by atomic mass is 9.79. The molecule has 1 aromatic carbocycles. The minimum Gasteiger partial charge on any atom is -0.370 e. The Balaban J connectivity index is 2.47. The summed E-state index contributed by atoms with van der Waals surface area (Å²) in [6, 6.07) is 10.5. The summed E-state index contributed by atoms with van der Waals surface area (Å²) in [6.45, 7) is 5.19. The van der Waals surface area contributed by atoms with Gasteiger partial charge in [0.15, 0.2) is 5.96 Å². The monoisotopic (exact) mass is 217 g/mol. The Bertz CT molecular complexity index is 397. The van der Waals surface area contributed by atoms with Gasteiger partial charge in [-0.25, -0.2) is 0 Å². The molecule has 0 saturated carbocycles. The first-order valence-electron chi connectivity index (χ1n) is 5.68. The van der Waals surface area contributed by atoms with Gasteiger partial charge in [0, 0.05) is 7.05 Å². The largest absolute Gasteiger partial charge is 0.370 e. The normalized spacial score (nSPS) is 25.0. The molecule has 0 amide bonds. The Morgan fingerprint density at radius 2 is 1.94 bits per heavy atom. The van der Waals surface area contributed by atoms with Crippen molar-refractivity contribution in [1.29, 1.82) is 0 Å². The van der Waals surface area contributed by atoms with Gasteiger partial charge in [-0.2, -0.15) is 0 Å². The van der Waals surface area contributed by atoms with Crippen LogP contribution in [0.1, 0.15) is 19.4 Å². The van der Waals surface area contributed by atoms with Gasteiger partial charge in [-0.1, -0.05) is 44.2 Å². The average molecular weight is 217 g/mol. The summed E-state index contributed by atoms with van der Waals surface area (Å²) in [7, 11) is 2.03. The third-order valence-corrected chi connectivity index (χ3v) is 3.65. The molecule has 1 atom stereocenters. The van der Waals surface area contributed by atoms with E-state index in [1.54, 1.807) is 0 Å². The molecule has 0 aromatic heterocycles. The fourth-order valence-corrected chi connectivity index (χ4v) is 2.53. The van der Waals surface area contributed by atoms with Gasteiger partial charge in [-0.05, 0) is 11.5 Å². The van der Waals surface area contributed by atoms with Crippen LogP contribution in [0.25, 0.3) is 0 Å². The number of hydrogen-bond donors (Lipinski definition) is 1. The van der Waals surface area contributed by atoms with E-state index >= 15 is 0 Å². The van der Waals surface area contributed by atoms with E-state index < -0.39 is 0 Å². The number of rotatable bonds is 2. The summed E-state index contributed by atoms with van der Waals surface area (Å²) in [5.41, 5.74) is 7.12. The molecule has 0 spiro atoms. The number of aliphatic imine (C=N–C) groups is 1. The van der Waals surface area contributed by atoms with Gasteiger partial charge in [0.25, 0.3) is 0 Å². The molecule has 1 aliphatic heterocycles. The van der Waals surface area contributed by atoms with Crippen LogP contribution in [0.4, 0.5) is 0 Å². The lowest BCUT2D eigenvalue weighted by Crippen LogP contribution is -2.50. The molecule has 1 aromatic rings. The second-order valence-electron chi connectivity index (χ2n) is 4.68. The molecular formula is C13H19N3. The summed E-state index contributed by atoms with van der Waals surface area (Å²) < 4.78 is 0. The van der Waals surface area contributed by atoms with Crippen molar-refractivity contribution < 1.29 is 0 Å². The van der Waals surface area contributed by atoms with E-state index in [9.17, 15) is 0 Å². The lowest BCUT2D eigenvalue weighted by molar-refractivity contribution is 0.165. The fraction of sp³-hybridized carbons (Fsp3) is 0.462. The molecule has 0 saturated heterocycles. The highest BCUT2D eigenvalue weighted by atomic mass is 15.3. The average Bonchev–Trinajstić information content (AvgIpc) is 2.59. The smallest absolute Gasteiger partial charge is 0.191 e. The standard InChI is InChI=1S/C13H19N3/c1-10(2)13(9-15-12(14)16(13)3)11-7-5-4-6-8-11/h4-8,10H,9H2,1-3H3,(H2,14,15). The van der Waals surface area contributed by atoms with Crippen LogP contribution in [0.15, 0.2) is 35.3 Å². The first kappa shape index (κ1) is 11.0. The van der Waals surface area contributed by atoms with E-state index in [0.717, 1.165) is 6.54 Å². The van der Waals surface area contributed by atoms with Crippen molar-refractivity contribution in [2.75, 3.05) is 13.6 Å². The molecule has 16 heavy (non-hydrogen) atoms. The topological polar surface area (TPSA) is 41.6 Å². The van der Waals surface area contributed by atoms with Gasteiger partial charge in [0.05, 0.1) is 12.1 Å². The predicted octanol–water partition coefficient (Wildman–Crippen LogP) is 1.80. The van der Waals surface area contributed by atoms with Crippen molar-refractivity contribution in [3.8, 4) is 0 Å². The molecule has 3 nitrogen and oxygen atoms in total. The zero-order valence-electron chi connectivity index (χ0n) is 10.1. The van der Waals surface area contributed by atoms with Crippen LogP contribution >= 0.6 is 0 Å². The zero-order chi connectivity index (χ0) is 11.8. The van der Waals surface area contributed by atoms with Crippen molar-refractivity contribution in [3.05, 3.63) is 35.9 Å².